The fourth-order valence-corrected chi connectivity index (χ4v) is 3.83. The Balaban J connectivity index is 1.62. The van der Waals surface area contributed by atoms with Gasteiger partial charge in [-0.05, 0) is 43.7 Å². The predicted octanol–water partition coefficient (Wildman–Crippen LogP) is 2.52. The molecule has 3 rings (SSSR count). The Labute approximate surface area is 153 Å². The molecule has 6 nitrogen and oxygen atoms in total. The van der Waals surface area contributed by atoms with E-state index in [0.29, 0.717) is 25.0 Å². The van der Waals surface area contributed by atoms with Crippen molar-refractivity contribution < 1.29 is 23.8 Å². The fourth-order valence-electron chi connectivity index (χ4n) is 3.83. The summed E-state index contributed by atoms with van der Waals surface area (Å²) in [5.74, 6) is 0.647. The molecule has 0 aliphatic heterocycles. The van der Waals surface area contributed by atoms with E-state index < -0.39 is 6.10 Å². The second-order valence-electron chi connectivity index (χ2n) is 6.84. The minimum Gasteiger partial charge on any atom is -0.492 e. The number of ether oxygens (including phenoxy) is 3. The number of Topliss-reactive ketones (excluding diaryl/α,β-unsaturated/α-hetero) is 2. The summed E-state index contributed by atoms with van der Waals surface area (Å²) in [4.78, 5) is 29.5. The highest BCUT2D eigenvalue weighted by Gasteiger charge is 2.41. The van der Waals surface area contributed by atoms with Gasteiger partial charge >= 0.3 is 0 Å². The Kier molecular flexibility index (Phi) is 6.16. The third-order valence-electron chi connectivity index (χ3n) is 5.24. The lowest BCUT2D eigenvalue weighted by atomic mass is 9.83. The van der Waals surface area contributed by atoms with Gasteiger partial charge in [0.1, 0.15) is 11.9 Å². The van der Waals surface area contributed by atoms with Gasteiger partial charge in [0.2, 0.25) is 0 Å². The number of carbonyl (C=O) groups is 2. The first kappa shape index (κ1) is 18.7. The number of hydrogen-bond donors (Lipinski definition) is 0. The van der Waals surface area contributed by atoms with Crippen LogP contribution in [0.15, 0.2) is 35.7 Å². The summed E-state index contributed by atoms with van der Waals surface area (Å²) in [6.07, 6.45) is 5.74. The lowest BCUT2D eigenvalue weighted by molar-refractivity contribution is -0.137. The highest BCUT2D eigenvalue weighted by molar-refractivity contribution is 6.23. The molecule has 140 valence electrons. The Morgan fingerprint density at radius 3 is 2.73 bits per heavy atom. The maximum absolute atomic E-state index is 12.7. The second-order valence-corrected chi connectivity index (χ2v) is 6.84. The maximum atomic E-state index is 12.7. The molecule has 0 spiro atoms. The first-order chi connectivity index (χ1) is 12.6. The van der Waals surface area contributed by atoms with Gasteiger partial charge in [0.25, 0.3) is 0 Å². The van der Waals surface area contributed by atoms with Crippen molar-refractivity contribution in [2.45, 2.75) is 44.3 Å². The van der Waals surface area contributed by atoms with Crippen molar-refractivity contribution in [3.63, 3.8) is 0 Å². The van der Waals surface area contributed by atoms with Gasteiger partial charge in [0, 0.05) is 26.8 Å². The molecule has 1 aromatic rings. The number of pyridine rings is 1. The van der Waals surface area contributed by atoms with Crippen LogP contribution in [-0.2, 0) is 19.1 Å². The SMILES string of the molecule is COC1CC2=C(C(=O)CC(CCOc3cccnc3)CC2)C(=O)C1OC. The van der Waals surface area contributed by atoms with Crippen molar-refractivity contribution in [1.82, 2.24) is 4.98 Å². The number of rotatable bonds is 6. The van der Waals surface area contributed by atoms with E-state index in [9.17, 15) is 9.59 Å². The van der Waals surface area contributed by atoms with Crippen LogP contribution >= 0.6 is 0 Å². The molecule has 1 aromatic heterocycles. The molecule has 1 heterocycles. The quantitative estimate of drug-likeness (QED) is 0.727. The van der Waals surface area contributed by atoms with Gasteiger partial charge in [0.05, 0.1) is 24.5 Å². The average Bonchev–Trinajstić information content (AvgIpc) is 2.81. The molecule has 6 heteroatoms. The van der Waals surface area contributed by atoms with Crippen LogP contribution in [0.3, 0.4) is 0 Å². The molecule has 0 amide bonds. The highest BCUT2D eigenvalue weighted by Crippen LogP contribution is 2.36. The summed E-state index contributed by atoms with van der Waals surface area (Å²) in [6.45, 7) is 0.531. The summed E-state index contributed by atoms with van der Waals surface area (Å²) in [7, 11) is 3.06. The molecule has 2 aliphatic rings. The number of carbonyl (C=O) groups excluding carboxylic acids is 2. The molecular weight excluding hydrogens is 334 g/mol. The predicted molar refractivity (Wildman–Crippen MR) is 94.9 cm³/mol. The smallest absolute Gasteiger partial charge is 0.197 e. The molecule has 0 aromatic carbocycles. The van der Waals surface area contributed by atoms with E-state index >= 15 is 0 Å². The van der Waals surface area contributed by atoms with E-state index in [1.807, 2.05) is 12.1 Å². The van der Waals surface area contributed by atoms with E-state index in [4.69, 9.17) is 14.2 Å². The molecule has 3 atom stereocenters. The Hall–Kier alpha value is -2.05. The maximum Gasteiger partial charge on any atom is 0.197 e. The molecule has 0 fully saturated rings. The monoisotopic (exact) mass is 359 g/mol. The van der Waals surface area contributed by atoms with Gasteiger partial charge in [0.15, 0.2) is 11.6 Å². The van der Waals surface area contributed by atoms with Gasteiger partial charge in [-0.1, -0.05) is 5.57 Å². The Morgan fingerprint density at radius 1 is 1.19 bits per heavy atom. The molecule has 0 N–H and O–H groups in total. The van der Waals surface area contributed by atoms with Gasteiger partial charge in [-0.3, -0.25) is 14.6 Å². The number of nitrogens with zero attached hydrogens (tertiary/aromatic N) is 1. The van der Waals surface area contributed by atoms with Crippen LogP contribution in [0.5, 0.6) is 5.75 Å². The molecule has 26 heavy (non-hydrogen) atoms. The lowest BCUT2D eigenvalue weighted by Gasteiger charge is -2.30. The standard InChI is InChI=1S/C20H25NO5/c1-24-17-11-14-6-5-13(7-9-26-15-4-3-8-21-12-15)10-16(22)18(14)19(23)20(17)25-2/h3-4,8,12-13,17,20H,5-7,9-11H2,1-2H3. The molecular formula is C20H25NO5. The minimum absolute atomic E-state index is 0.0644. The van der Waals surface area contributed by atoms with Crippen molar-refractivity contribution in [2.75, 3.05) is 20.8 Å². The lowest BCUT2D eigenvalue weighted by Crippen LogP contribution is -2.43. The van der Waals surface area contributed by atoms with Crippen LogP contribution in [0.4, 0.5) is 0 Å². The summed E-state index contributed by atoms with van der Waals surface area (Å²) >= 11 is 0. The highest BCUT2D eigenvalue weighted by atomic mass is 16.5. The van der Waals surface area contributed by atoms with Crippen LogP contribution in [0.1, 0.15) is 32.1 Å². The summed E-state index contributed by atoms with van der Waals surface area (Å²) in [5, 5.41) is 0. The molecule has 0 saturated carbocycles. The van der Waals surface area contributed by atoms with Gasteiger partial charge in [-0.2, -0.15) is 0 Å². The normalized spacial score (nSPS) is 26.5. The molecule has 0 bridgehead atoms. The Bertz CT molecular complexity index is 685. The number of ketones is 2. The Morgan fingerprint density at radius 2 is 2.04 bits per heavy atom. The van der Waals surface area contributed by atoms with Crippen molar-refractivity contribution in [3.05, 3.63) is 35.7 Å². The number of hydrogen-bond acceptors (Lipinski definition) is 6. The van der Waals surface area contributed by atoms with Crippen LogP contribution in [-0.4, -0.2) is 49.6 Å². The van der Waals surface area contributed by atoms with Crippen molar-refractivity contribution in [1.29, 1.82) is 0 Å². The summed E-state index contributed by atoms with van der Waals surface area (Å²) in [5.41, 5.74) is 1.29. The van der Waals surface area contributed by atoms with Crippen LogP contribution in [0, 0.1) is 5.92 Å². The summed E-state index contributed by atoms with van der Waals surface area (Å²) < 4.78 is 16.4. The van der Waals surface area contributed by atoms with E-state index in [2.05, 4.69) is 4.98 Å². The zero-order valence-corrected chi connectivity index (χ0v) is 15.3. The largest absolute Gasteiger partial charge is 0.492 e. The van der Waals surface area contributed by atoms with Crippen molar-refractivity contribution >= 4 is 11.6 Å². The van der Waals surface area contributed by atoms with Gasteiger partial charge in [-0.25, -0.2) is 0 Å². The van der Waals surface area contributed by atoms with Gasteiger partial charge < -0.3 is 14.2 Å². The summed E-state index contributed by atoms with van der Waals surface area (Å²) in [6, 6.07) is 3.69. The fraction of sp³-hybridized carbons (Fsp3) is 0.550. The third kappa shape index (κ3) is 4.02. The van der Waals surface area contributed by atoms with Crippen LogP contribution in [0.2, 0.25) is 0 Å². The van der Waals surface area contributed by atoms with E-state index in [0.717, 1.165) is 30.6 Å². The second kappa shape index (κ2) is 8.56. The van der Waals surface area contributed by atoms with Crippen molar-refractivity contribution in [2.24, 2.45) is 5.92 Å². The number of methoxy groups -OCH3 is 2. The van der Waals surface area contributed by atoms with E-state index in [1.54, 1.807) is 19.5 Å². The molecule has 0 saturated heterocycles. The minimum atomic E-state index is -0.687. The zero-order chi connectivity index (χ0) is 18.5. The molecule has 2 aliphatic carbocycles. The van der Waals surface area contributed by atoms with E-state index in [-0.39, 0.29) is 23.6 Å². The molecule has 0 radical (unpaired) electrons. The van der Waals surface area contributed by atoms with Crippen molar-refractivity contribution in [3.8, 4) is 5.75 Å². The molecule has 3 unspecified atom stereocenters. The average molecular weight is 359 g/mol. The number of aromatic nitrogens is 1. The first-order valence-electron chi connectivity index (χ1n) is 9.02. The third-order valence-corrected chi connectivity index (χ3v) is 5.24. The van der Waals surface area contributed by atoms with Gasteiger partial charge in [-0.15, -0.1) is 0 Å². The van der Waals surface area contributed by atoms with Crippen LogP contribution in [0.25, 0.3) is 0 Å². The van der Waals surface area contributed by atoms with Crippen LogP contribution < -0.4 is 4.74 Å². The van der Waals surface area contributed by atoms with E-state index in [1.165, 1.54) is 7.11 Å². The zero-order valence-electron chi connectivity index (χ0n) is 15.3. The topological polar surface area (TPSA) is 74.7 Å². The first-order valence-corrected chi connectivity index (χ1v) is 9.02.